The first-order valence-electron chi connectivity index (χ1n) is 4.57. The first-order valence-corrected chi connectivity index (χ1v) is 4.57. The minimum atomic E-state index is -0.698. The summed E-state index contributed by atoms with van der Waals surface area (Å²) in [6.07, 6.45) is 0.355. The zero-order chi connectivity index (χ0) is 10.1. The fraction of sp³-hybridized carbons (Fsp3) is 0.273. The Morgan fingerprint density at radius 2 is 2.14 bits per heavy atom. The number of carbonyl (C=O) groups is 2. The van der Waals surface area contributed by atoms with E-state index in [0.29, 0.717) is 17.7 Å². The molecule has 14 heavy (non-hydrogen) atoms. The predicted molar refractivity (Wildman–Crippen MR) is 50.1 cm³/mol. The van der Waals surface area contributed by atoms with E-state index in [-0.39, 0.29) is 5.78 Å². The van der Waals surface area contributed by atoms with Gasteiger partial charge >= 0.3 is 5.97 Å². The third kappa shape index (κ3) is 1.21. The molecule has 0 fully saturated rings. The van der Waals surface area contributed by atoms with Crippen LogP contribution in [0.5, 0.6) is 5.75 Å². The fourth-order valence-corrected chi connectivity index (χ4v) is 1.62. The molecule has 72 valence electrons. The molecule has 0 amide bonds. The van der Waals surface area contributed by atoms with Gasteiger partial charge in [-0.15, -0.1) is 0 Å². The van der Waals surface area contributed by atoms with Gasteiger partial charge in [-0.25, -0.2) is 0 Å². The van der Waals surface area contributed by atoms with Gasteiger partial charge in [-0.05, 0) is 6.07 Å². The molecule has 3 nitrogen and oxygen atoms in total. The monoisotopic (exact) mass is 190 g/mol. The minimum absolute atomic E-state index is 0.0834. The molecule has 1 unspecified atom stereocenters. The van der Waals surface area contributed by atoms with Crippen molar-refractivity contribution in [3.63, 3.8) is 0 Å². The molecular formula is C11H10O3. The highest BCUT2D eigenvalue weighted by Crippen LogP contribution is 2.35. The maximum Gasteiger partial charge on any atom is 0.326 e. The van der Waals surface area contributed by atoms with E-state index in [1.165, 1.54) is 0 Å². The second kappa shape index (κ2) is 3.25. The topological polar surface area (TPSA) is 43.4 Å². The van der Waals surface area contributed by atoms with E-state index in [1.807, 2.05) is 0 Å². The summed E-state index contributed by atoms with van der Waals surface area (Å²) in [6, 6.07) is 7.05. The number of fused-ring (bicyclic) bond motifs is 1. The molecule has 0 saturated carbocycles. The second-order valence-corrected chi connectivity index (χ2v) is 3.21. The highest BCUT2D eigenvalue weighted by Gasteiger charge is 2.37. The van der Waals surface area contributed by atoms with Crippen LogP contribution in [0, 0.1) is 0 Å². The Balaban J connectivity index is 2.44. The summed E-state index contributed by atoms with van der Waals surface area (Å²) in [4.78, 5) is 22.9. The van der Waals surface area contributed by atoms with Crippen molar-refractivity contribution in [1.29, 1.82) is 0 Å². The zero-order valence-corrected chi connectivity index (χ0v) is 7.82. The lowest BCUT2D eigenvalue weighted by atomic mass is 9.95. The summed E-state index contributed by atoms with van der Waals surface area (Å²) in [5.74, 6) is -0.710. The highest BCUT2D eigenvalue weighted by atomic mass is 16.5. The Bertz CT molecular complexity index is 387. The summed E-state index contributed by atoms with van der Waals surface area (Å²) in [5.41, 5.74) is 0.698. The van der Waals surface area contributed by atoms with E-state index in [9.17, 15) is 9.59 Å². The number of carbonyl (C=O) groups excluding carboxylic acids is 2. The molecule has 1 aliphatic heterocycles. The summed E-state index contributed by atoms with van der Waals surface area (Å²) < 4.78 is 4.98. The number of hydrogen-bond acceptors (Lipinski definition) is 3. The van der Waals surface area contributed by atoms with Crippen LogP contribution in [-0.4, -0.2) is 11.8 Å². The largest absolute Gasteiger partial charge is 0.425 e. The molecule has 0 bridgehead atoms. The normalized spacial score (nSPS) is 18.9. The molecule has 0 saturated heterocycles. The summed E-state index contributed by atoms with van der Waals surface area (Å²) in [7, 11) is 0. The Labute approximate surface area is 81.7 Å². The average molecular weight is 190 g/mol. The Morgan fingerprint density at radius 3 is 2.86 bits per heavy atom. The molecular weight excluding hydrogens is 180 g/mol. The van der Waals surface area contributed by atoms with Gasteiger partial charge in [0.15, 0.2) is 5.78 Å². The maximum absolute atomic E-state index is 11.5. The van der Waals surface area contributed by atoms with Crippen molar-refractivity contribution in [3.8, 4) is 5.75 Å². The number of rotatable bonds is 2. The Kier molecular flexibility index (Phi) is 2.08. The number of benzene rings is 1. The van der Waals surface area contributed by atoms with Crippen LogP contribution >= 0.6 is 0 Å². The lowest BCUT2D eigenvalue weighted by Crippen LogP contribution is -2.18. The van der Waals surface area contributed by atoms with Gasteiger partial charge in [0.25, 0.3) is 0 Å². The van der Waals surface area contributed by atoms with Crippen molar-refractivity contribution in [2.45, 2.75) is 19.3 Å². The van der Waals surface area contributed by atoms with Gasteiger partial charge in [-0.3, -0.25) is 9.59 Å². The maximum atomic E-state index is 11.5. The SMILES string of the molecule is CCC(=O)C1C(=O)Oc2ccccc21. The van der Waals surface area contributed by atoms with Crippen LogP contribution in [0.4, 0.5) is 0 Å². The van der Waals surface area contributed by atoms with Crippen LogP contribution in [0.15, 0.2) is 24.3 Å². The van der Waals surface area contributed by atoms with E-state index in [4.69, 9.17) is 4.74 Å². The standard InChI is InChI=1S/C11H10O3/c1-2-8(12)10-7-5-3-4-6-9(7)14-11(10)13/h3-6,10H,2H2,1H3. The van der Waals surface area contributed by atoms with Crippen molar-refractivity contribution >= 4 is 11.8 Å². The van der Waals surface area contributed by atoms with Crippen LogP contribution < -0.4 is 4.74 Å². The summed E-state index contributed by atoms with van der Waals surface area (Å²) in [5, 5.41) is 0. The molecule has 3 heteroatoms. The highest BCUT2D eigenvalue weighted by molar-refractivity contribution is 6.07. The van der Waals surface area contributed by atoms with Crippen LogP contribution in [-0.2, 0) is 9.59 Å². The van der Waals surface area contributed by atoms with E-state index < -0.39 is 11.9 Å². The average Bonchev–Trinajstić information content (AvgIpc) is 2.53. The number of ether oxygens (including phenoxy) is 1. The fourth-order valence-electron chi connectivity index (χ4n) is 1.62. The van der Waals surface area contributed by atoms with Crippen LogP contribution in [0.1, 0.15) is 24.8 Å². The summed E-state index contributed by atoms with van der Waals surface area (Å²) >= 11 is 0. The lowest BCUT2D eigenvalue weighted by molar-refractivity contribution is -0.138. The molecule has 1 aromatic carbocycles. The molecule has 1 atom stereocenters. The van der Waals surface area contributed by atoms with Gasteiger partial charge in [0.2, 0.25) is 0 Å². The van der Waals surface area contributed by atoms with Crippen molar-refractivity contribution in [1.82, 2.24) is 0 Å². The first kappa shape index (κ1) is 8.94. The van der Waals surface area contributed by atoms with Gasteiger partial charge in [0.1, 0.15) is 11.7 Å². The van der Waals surface area contributed by atoms with Crippen molar-refractivity contribution in [3.05, 3.63) is 29.8 Å². The number of para-hydroxylation sites is 1. The van der Waals surface area contributed by atoms with E-state index >= 15 is 0 Å². The zero-order valence-electron chi connectivity index (χ0n) is 7.82. The number of esters is 1. The van der Waals surface area contributed by atoms with Crippen molar-refractivity contribution < 1.29 is 14.3 Å². The van der Waals surface area contributed by atoms with E-state index in [2.05, 4.69) is 0 Å². The quantitative estimate of drug-likeness (QED) is 0.404. The van der Waals surface area contributed by atoms with Gasteiger partial charge in [0.05, 0.1) is 0 Å². The minimum Gasteiger partial charge on any atom is -0.425 e. The van der Waals surface area contributed by atoms with E-state index in [0.717, 1.165) is 0 Å². The molecule has 0 aliphatic carbocycles. The predicted octanol–water partition coefficient (Wildman–Crippen LogP) is 1.67. The number of hydrogen-bond donors (Lipinski definition) is 0. The summed E-state index contributed by atoms with van der Waals surface area (Å²) in [6.45, 7) is 1.75. The third-order valence-electron chi connectivity index (χ3n) is 2.35. The van der Waals surface area contributed by atoms with Crippen molar-refractivity contribution in [2.24, 2.45) is 0 Å². The number of ketones is 1. The van der Waals surface area contributed by atoms with Gasteiger partial charge in [-0.1, -0.05) is 25.1 Å². The smallest absolute Gasteiger partial charge is 0.326 e. The molecule has 1 aliphatic rings. The lowest BCUT2D eigenvalue weighted by Gasteiger charge is -2.02. The van der Waals surface area contributed by atoms with Crippen LogP contribution in [0.2, 0.25) is 0 Å². The second-order valence-electron chi connectivity index (χ2n) is 3.21. The number of Topliss-reactive ketones (excluding diaryl/α,β-unsaturated/α-hetero) is 1. The Morgan fingerprint density at radius 1 is 1.43 bits per heavy atom. The molecule has 1 heterocycles. The molecule has 1 aromatic rings. The third-order valence-corrected chi connectivity index (χ3v) is 2.35. The molecule has 0 aromatic heterocycles. The van der Waals surface area contributed by atoms with Gasteiger partial charge in [-0.2, -0.15) is 0 Å². The molecule has 0 spiro atoms. The molecule has 2 rings (SSSR count). The van der Waals surface area contributed by atoms with Gasteiger partial charge < -0.3 is 4.74 Å². The van der Waals surface area contributed by atoms with Gasteiger partial charge in [0, 0.05) is 12.0 Å². The van der Waals surface area contributed by atoms with E-state index in [1.54, 1.807) is 31.2 Å². The first-order chi connectivity index (χ1) is 6.74. The Hall–Kier alpha value is -1.64. The van der Waals surface area contributed by atoms with Crippen molar-refractivity contribution in [2.75, 3.05) is 0 Å². The molecule has 0 radical (unpaired) electrons. The van der Waals surface area contributed by atoms with Crippen LogP contribution in [0.25, 0.3) is 0 Å². The van der Waals surface area contributed by atoms with Crippen LogP contribution in [0.3, 0.4) is 0 Å². The molecule has 0 N–H and O–H groups in total.